The molecule has 3 rings (SSSR count). The van der Waals surface area contributed by atoms with Gasteiger partial charge >= 0.3 is 6.03 Å². The zero-order valence-corrected chi connectivity index (χ0v) is 16.1. The summed E-state index contributed by atoms with van der Waals surface area (Å²) in [5.41, 5.74) is 4.49. The van der Waals surface area contributed by atoms with E-state index >= 15 is 0 Å². The van der Waals surface area contributed by atoms with Crippen molar-refractivity contribution in [2.75, 3.05) is 5.32 Å². The molecule has 2 amide bonds. The van der Waals surface area contributed by atoms with Crippen molar-refractivity contribution in [3.8, 4) is 5.69 Å². The van der Waals surface area contributed by atoms with Crippen molar-refractivity contribution in [3.05, 3.63) is 78.0 Å². The van der Waals surface area contributed by atoms with Crippen molar-refractivity contribution in [1.29, 1.82) is 0 Å². The smallest absolute Gasteiger partial charge is 0.320 e. The lowest BCUT2D eigenvalue weighted by atomic mass is 9.86. The third-order valence-corrected chi connectivity index (χ3v) is 4.79. The summed E-state index contributed by atoms with van der Waals surface area (Å²) in [6, 6.07) is 8.82. The Morgan fingerprint density at radius 1 is 1.39 bits per heavy atom. The fourth-order valence-electron chi connectivity index (χ4n) is 3.42. The van der Waals surface area contributed by atoms with Crippen LogP contribution in [-0.2, 0) is 6.61 Å². The number of hydrogen-bond acceptors (Lipinski definition) is 3. The number of rotatable bonds is 5. The highest BCUT2D eigenvalue weighted by molar-refractivity contribution is 5.89. The molecule has 1 saturated carbocycles. The minimum atomic E-state index is -0.289. The van der Waals surface area contributed by atoms with Crippen LogP contribution in [0.15, 0.2) is 66.8 Å². The predicted molar refractivity (Wildman–Crippen MR) is 111 cm³/mol. The van der Waals surface area contributed by atoms with Gasteiger partial charge in [-0.1, -0.05) is 37.4 Å². The number of carbonyl (C=O) groups excluding carboxylic acids is 1. The maximum absolute atomic E-state index is 12.7. The number of nitrogens with zero attached hydrogens (tertiary/aromatic N) is 2. The van der Waals surface area contributed by atoms with Crippen LogP contribution in [0, 0.1) is 6.92 Å². The molecule has 0 spiro atoms. The highest BCUT2D eigenvalue weighted by atomic mass is 16.3. The maximum atomic E-state index is 12.7. The monoisotopic (exact) mass is 378 g/mol. The zero-order chi connectivity index (χ0) is 20.1. The van der Waals surface area contributed by atoms with Gasteiger partial charge in [0.05, 0.1) is 24.0 Å². The summed E-state index contributed by atoms with van der Waals surface area (Å²) in [5, 5.41) is 19.6. The number of aromatic nitrogens is 2. The number of urea groups is 1. The van der Waals surface area contributed by atoms with Crippen LogP contribution < -0.4 is 10.6 Å². The number of benzene rings is 1. The Bertz CT molecular complexity index is 909. The van der Waals surface area contributed by atoms with E-state index in [9.17, 15) is 9.90 Å². The van der Waals surface area contributed by atoms with E-state index in [0.29, 0.717) is 5.82 Å². The van der Waals surface area contributed by atoms with Crippen LogP contribution in [0.4, 0.5) is 10.6 Å². The van der Waals surface area contributed by atoms with Crippen LogP contribution in [0.3, 0.4) is 0 Å². The van der Waals surface area contributed by atoms with Gasteiger partial charge in [-0.3, -0.25) is 5.32 Å². The molecule has 0 aliphatic heterocycles. The molecule has 0 saturated heterocycles. The molecule has 146 valence electrons. The fourth-order valence-corrected chi connectivity index (χ4v) is 3.42. The van der Waals surface area contributed by atoms with Crippen molar-refractivity contribution >= 4 is 11.8 Å². The molecule has 1 aromatic heterocycles. The molecular weight excluding hydrogens is 352 g/mol. The van der Waals surface area contributed by atoms with Crippen LogP contribution in [0.5, 0.6) is 0 Å². The van der Waals surface area contributed by atoms with Gasteiger partial charge in [0.1, 0.15) is 5.82 Å². The van der Waals surface area contributed by atoms with E-state index in [0.717, 1.165) is 47.4 Å². The van der Waals surface area contributed by atoms with Crippen molar-refractivity contribution in [1.82, 2.24) is 15.1 Å². The number of aliphatic hydroxyl groups excluding tert-OH is 1. The Morgan fingerprint density at radius 3 is 2.82 bits per heavy atom. The Balaban J connectivity index is 1.76. The number of nitrogens with one attached hydrogen (secondary N) is 2. The molecule has 6 nitrogen and oxygen atoms in total. The first-order valence-corrected chi connectivity index (χ1v) is 9.37. The third kappa shape index (κ3) is 4.40. The summed E-state index contributed by atoms with van der Waals surface area (Å²) in [6.45, 7) is 9.72. The largest absolute Gasteiger partial charge is 0.392 e. The van der Waals surface area contributed by atoms with Gasteiger partial charge < -0.3 is 10.4 Å². The minimum Gasteiger partial charge on any atom is -0.392 e. The summed E-state index contributed by atoms with van der Waals surface area (Å²) in [7, 11) is 0. The van der Waals surface area contributed by atoms with E-state index in [-0.39, 0.29) is 18.7 Å². The van der Waals surface area contributed by atoms with E-state index in [1.165, 1.54) is 0 Å². The van der Waals surface area contributed by atoms with Gasteiger partial charge in [0, 0.05) is 6.07 Å². The first kappa shape index (κ1) is 19.6. The lowest BCUT2D eigenvalue weighted by Crippen LogP contribution is -2.41. The highest BCUT2D eigenvalue weighted by Crippen LogP contribution is 2.28. The molecule has 2 aromatic rings. The number of hydrogen-bond donors (Lipinski definition) is 3. The first-order valence-electron chi connectivity index (χ1n) is 9.37. The van der Waals surface area contributed by atoms with E-state index in [1.54, 1.807) is 10.8 Å². The standard InChI is InChI=1S/C22H26N4O2/c1-4-6-19-15(2)7-5-8-20(19)23-22(28)24-21-13-16(3)25-26(21)18-11-9-17(14-27)10-12-18/h4,6,9-13,20,27H,1-2,5,7-8,14H2,3H3,(H2,23,24,28)/b19-6+. The van der Waals surface area contributed by atoms with E-state index < -0.39 is 0 Å². The maximum Gasteiger partial charge on any atom is 0.320 e. The summed E-state index contributed by atoms with van der Waals surface area (Å²) in [6.07, 6.45) is 6.45. The second-order valence-corrected chi connectivity index (χ2v) is 6.91. The number of aryl methyl sites for hydroxylation is 1. The number of aliphatic hydroxyl groups is 1. The van der Waals surface area contributed by atoms with Crippen molar-refractivity contribution in [2.24, 2.45) is 0 Å². The van der Waals surface area contributed by atoms with E-state index in [1.807, 2.05) is 43.3 Å². The zero-order valence-electron chi connectivity index (χ0n) is 16.1. The van der Waals surface area contributed by atoms with Crippen molar-refractivity contribution in [2.45, 2.75) is 38.8 Å². The number of carbonyl (C=O) groups is 1. The quantitative estimate of drug-likeness (QED) is 0.735. The van der Waals surface area contributed by atoms with Gasteiger partial charge in [-0.2, -0.15) is 5.10 Å². The Morgan fingerprint density at radius 2 is 2.14 bits per heavy atom. The number of amides is 2. The third-order valence-electron chi connectivity index (χ3n) is 4.79. The first-order chi connectivity index (χ1) is 13.5. The van der Waals surface area contributed by atoms with E-state index in [4.69, 9.17) is 0 Å². The van der Waals surface area contributed by atoms with E-state index in [2.05, 4.69) is 28.9 Å². The molecular formula is C22H26N4O2. The summed E-state index contributed by atoms with van der Waals surface area (Å²) >= 11 is 0. The lowest BCUT2D eigenvalue weighted by molar-refractivity contribution is 0.248. The molecule has 1 aromatic carbocycles. The summed E-state index contributed by atoms with van der Waals surface area (Å²) < 4.78 is 1.68. The van der Waals surface area contributed by atoms with Crippen LogP contribution in [0.2, 0.25) is 0 Å². The molecule has 1 heterocycles. The topological polar surface area (TPSA) is 79.2 Å². The Kier molecular flexibility index (Phi) is 6.11. The highest BCUT2D eigenvalue weighted by Gasteiger charge is 2.23. The van der Waals surface area contributed by atoms with Gasteiger partial charge in [-0.05, 0) is 55.0 Å². The molecule has 3 N–H and O–H groups in total. The average molecular weight is 378 g/mol. The molecule has 0 bridgehead atoms. The Labute approximate surface area is 165 Å². The van der Waals surface area contributed by atoms with Gasteiger partial charge in [0.25, 0.3) is 0 Å². The molecule has 0 radical (unpaired) electrons. The fraction of sp³-hybridized carbons (Fsp3) is 0.273. The SMILES string of the molecule is C=C/C=C1\C(=C)CCCC1NC(=O)Nc1cc(C)nn1-c1ccc(CO)cc1. The summed E-state index contributed by atoms with van der Waals surface area (Å²) in [5.74, 6) is 0.579. The second kappa shape index (κ2) is 8.71. The van der Waals surface area contributed by atoms with Crippen molar-refractivity contribution < 1.29 is 9.90 Å². The number of allylic oxidation sites excluding steroid dienone is 2. The molecule has 1 atom stereocenters. The Hall–Kier alpha value is -3.12. The lowest BCUT2D eigenvalue weighted by Gasteiger charge is -2.28. The predicted octanol–water partition coefficient (Wildman–Crippen LogP) is 4.02. The average Bonchev–Trinajstić information content (AvgIpc) is 3.04. The molecule has 1 unspecified atom stereocenters. The summed E-state index contributed by atoms with van der Waals surface area (Å²) in [4.78, 5) is 12.7. The van der Waals surface area contributed by atoms with Crippen LogP contribution in [-0.4, -0.2) is 27.0 Å². The normalized spacial score (nSPS) is 18.1. The van der Waals surface area contributed by atoms with Gasteiger partial charge in [0.2, 0.25) is 0 Å². The molecule has 28 heavy (non-hydrogen) atoms. The van der Waals surface area contributed by atoms with Crippen molar-refractivity contribution in [3.63, 3.8) is 0 Å². The van der Waals surface area contributed by atoms with Gasteiger partial charge in [-0.15, -0.1) is 0 Å². The van der Waals surface area contributed by atoms with Gasteiger partial charge in [0.15, 0.2) is 0 Å². The van der Waals surface area contributed by atoms with Crippen LogP contribution >= 0.6 is 0 Å². The van der Waals surface area contributed by atoms with Crippen LogP contribution in [0.25, 0.3) is 5.69 Å². The number of anilines is 1. The van der Waals surface area contributed by atoms with Crippen LogP contribution in [0.1, 0.15) is 30.5 Å². The molecule has 1 aliphatic carbocycles. The molecule has 1 fully saturated rings. The minimum absolute atomic E-state index is 0.0147. The van der Waals surface area contributed by atoms with Gasteiger partial charge in [-0.25, -0.2) is 9.48 Å². The molecule has 1 aliphatic rings. The molecule has 6 heteroatoms. The second-order valence-electron chi connectivity index (χ2n) is 6.91.